The number of aromatic nitrogens is 1. The van der Waals surface area contributed by atoms with E-state index in [-0.39, 0.29) is 0 Å². The number of rotatable bonds is 10. The molecule has 22 heavy (non-hydrogen) atoms. The van der Waals surface area contributed by atoms with E-state index in [1.165, 1.54) is 0 Å². The third kappa shape index (κ3) is 8.81. The van der Waals surface area contributed by atoms with Crippen LogP contribution in [0, 0.1) is 0 Å². The molecule has 1 rings (SSSR count). The molecule has 0 amide bonds. The zero-order valence-electron chi connectivity index (χ0n) is 13.3. The number of halogens is 1. The van der Waals surface area contributed by atoms with Gasteiger partial charge in [0.15, 0.2) is 5.96 Å². The highest BCUT2D eigenvalue weighted by Crippen LogP contribution is 2.05. The van der Waals surface area contributed by atoms with E-state index in [1.807, 2.05) is 13.0 Å². The lowest BCUT2D eigenvalue weighted by atomic mass is 10.3. The molecule has 1 aromatic heterocycles. The van der Waals surface area contributed by atoms with Crippen molar-refractivity contribution < 1.29 is 9.47 Å². The Kier molecular flexibility index (Phi) is 10.4. The van der Waals surface area contributed by atoms with Crippen molar-refractivity contribution in [3.63, 3.8) is 0 Å². The number of ether oxygens (including phenoxy) is 2. The number of guanidine groups is 1. The molecular weight excluding hydrogens is 304 g/mol. The van der Waals surface area contributed by atoms with Gasteiger partial charge in [-0.25, -0.2) is 9.98 Å². The lowest BCUT2D eigenvalue weighted by Gasteiger charge is -2.11. The van der Waals surface area contributed by atoms with Gasteiger partial charge in [0.1, 0.15) is 5.15 Å². The third-order valence-electron chi connectivity index (χ3n) is 2.74. The van der Waals surface area contributed by atoms with Gasteiger partial charge in [0, 0.05) is 33.0 Å². The average Bonchev–Trinajstić information content (AvgIpc) is 2.53. The van der Waals surface area contributed by atoms with Crippen molar-refractivity contribution in [3.8, 4) is 0 Å². The highest BCUT2D eigenvalue weighted by Gasteiger charge is 1.98. The molecule has 0 unspecified atom stereocenters. The predicted octanol–water partition coefficient (Wildman–Crippen LogP) is 1.84. The van der Waals surface area contributed by atoms with Crippen LogP contribution in [0.3, 0.4) is 0 Å². The second-order valence-electron chi connectivity index (χ2n) is 4.57. The summed E-state index contributed by atoms with van der Waals surface area (Å²) < 4.78 is 10.3. The maximum absolute atomic E-state index is 5.76. The Labute approximate surface area is 137 Å². The minimum absolute atomic E-state index is 0.492. The quantitative estimate of drug-likeness (QED) is 0.297. The van der Waals surface area contributed by atoms with Crippen molar-refractivity contribution in [1.29, 1.82) is 0 Å². The van der Waals surface area contributed by atoms with Gasteiger partial charge in [-0.15, -0.1) is 0 Å². The first-order chi connectivity index (χ1) is 10.8. The summed E-state index contributed by atoms with van der Waals surface area (Å²) in [5, 5.41) is 6.97. The van der Waals surface area contributed by atoms with E-state index in [1.54, 1.807) is 19.4 Å². The molecule has 0 spiro atoms. The van der Waals surface area contributed by atoms with Gasteiger partial charge in [-0.3, -0.25) is 0 Å². The Morgan fingerprint density at radius 1 is 1.27 bits per heavy atom. The Hall–Kier alpha value is -1.37. The second-order valence-corrected chi connectivity index (χ2v) is 4.96. The summed E-state index contributed by atoms with van der Waals surface area (Å²) in [6.07, 6.45) is 2.65. The van der Waals surface area contributed by atoms with E-state index in [0.717, 1.165) is 31.0 Å². The van der Waals surface area contributed by atoms with Crippen molar-refractivity contribution in [3.05, 3.63) is 29.0 Å². The lowest BCUT2D eigenvalue weighted by molar-refractivity contribution is 0.0698. The first-order valence-electron chi connectivity index (χ1n) is 7.45. The maximum atomic E-state index is 5.76. The van der Waals surface area contributed by atoms with Crippen LogP contribution in [0.15, 0.2) is 23.3 Å². The molecule has 1 heterocycles. The summed E-state index contributed by atoms with van der Waals surface area (Å²) in [6.45, 7) is 6.18. The molecule has 0 saturated carbocycles. The second kappa shape index (κ2) is 12.2. The maximum Gasteiger partial charge on any atom is 0.191 e. The SMILES string of the molecule is CCNC(=NCc1ccc(Cl)nc1)NCCCOCCOC. The van der Waals surface area contributed by atoms with E-state index in [4.69, 9.17) is 21.1 Å². The molecular formula is C15H25ClN4O2. The number of hydrogen-bond donors (Lipinski definition) is 2. The summed E-state index contributed by atoms with van der Waals surface area (Å²) in [5.41, 5.74) is 1.02. The number of nitrogens with one attached hydrogen (secondary N) is 2. The molecule has 0 fully saturated rings. The number of hydrogen-bond acceptors (Lipinski definition) is 4. The lowest BCUT2D eigenvalue weighted by Crippen LogP contribution is -2.38. The molecule has 1 aromatic rings. The van der Waals surface area contributed by atoms with E-state index < -0.39 is 0 Å². The van der Waals surface area contributed by atoms with Gasteiger partial charge in [-0.1, -0.05) is 17.7 Å². The molecule has 0 saturated heterocycles. The highest BCUT2D eigenvalue weighted by molar-refractivity contribution is 6.29. The van der Waals surface area contributed by atoms with Gasteiger partial charge in [-0.2, -0.15) is 0 Å². The van der Waals surface area contributed by atoms with Gasteiger partial charge >= 0.3 is 0 Å². The first kappa shape index (κ1) is 18.7. The smallest absolute Gasteiger partial charge is 0.191 e. The molecule has 0 aliphatic carbocycles. The van der Waals surface area contributed by atoms with Gasteiger partial charge in [0.25, 0.3) is 0 Å². The van der Waals surface area contributed by atoms with Crippen LogP contribution < -0.4 is 10.6 Å². The normalized spacial score (nSPS) is 11.5. The predicted molar refractivity (Wildman–Crippen MR) is 89.4 cm³/mol. The zero-order chi connectivity index (χ0) is 16.0. The fourth-order valence-electron chi connectivity index (χ4n) is 1.64. The van der Waals surface area contributed by atoms with E-state index in [2.05, 4.69) is 20.6 Å². The summed E-state index contributed by atoms with van der Waals surface area (Å²) >= 11 is 5.76. The number of aliphatic imine (C=N–C) groups is 1. The Morgan fingerprint density at radius 2 is 2.14 bits per heavy atom. The fraction of sp³-hybridized carbons (Fsp3) is 0.600. The molecule has 124 valence electrons. The van der Waals surface area contributed by atoms with Crippen molar-refractivity contribution in [2.45, 2.75) is 19.9 Å². The minimum atomic E-state index is 0.492. The molecule has 6 nitrogen and oxygen atoms in total. The monoisotopic (exact) mass is 328 g/mol. The molecule has 0 radical (unpaired) electrons. The molecule has 0 bridgehead atoms. The van der Waals surface area contributed by atoms with Crippen molar-refractivity contribution >= 4 is 17.6 Å². The van der Waals surface area contributed by atoms with Crippen LogP contribution in [0.2, 0.25) is 5.15 Å². The molecule has 0 atom stereocenters. The average molecular weight is 329 g/mol. The fourth-order valence-corrected chi connectivity index (χ4v) is 1.75. The summed E-state index contributed by atoms with van der Waals surface area (Å²) in [7, 11) is 1.67. The van der Waals surface area contributed by atoms with Gasteiger partial charge < -0.3 is 20.1 Å². The number of pyridine rings is 1. The molecule has 0 aromatic carbocycles. The van der Waals surface area contributed by atoms with Crippen LogP contribution in [0.1, 0.15) is 18.9 Å². The standard InChI is InChI=1S/C15H25ClN4O2/c1-3-17-15(18-7-4-8-22-10-9-21-2)20-12-13-5-6-14(16)19-11-13/h5-6,11H,3-4,7-10,12H2,1-2H3,(H2,17,18,20). The molecule has 0 aliphatic rings. The topological polar surface area (TPSA) is 67.8 Å². The third-order valence-corrected chi connectivity index (χ3v) is 2.97. The van der Waals surface area contributed by atoms with Crippen LogP contribution >= 0.6 is 11.6 Å². The molecule has 0 aliphatic heterocycles. The zero-order valence-corrected chi connectivity index (χ0v) is 14.0. The molecule has 7 heteroatoms. The Balaban J connectivity index is 2.28. The van der Waals surface area contributed by atoms with Crippen LogP contribution in [-0.2, 0) is 16.0 Å². The van der Waals surface area contributed by atoms with E-state index in [0.29, 0.717) is 31.5 Å². The number of methoxy groups -OCH3 is 1. The Morgan fingerprint density at radius 3 is 2.82 bits per heavy atom. The van der Waals surface area contributed by atoms with Crippen molar-refractivity contribution in [2.24, 2.45) is 4.99 Å². The summed E-state index contributed by atoms with van der Waals surface area (Å²) in [5.74, 6) is 0.786. The molecule has 2 N–H and O–H groups in total. The van der Waals surface area contributed by atoms with Gasteiger partial charge in [0.05, 0.1) is 19.8 Å². The van der Waals surface area contributed by atoms with E-state index >= 15 is 0 Å². The highest BCUT2D eigenvalue weighted by atomic mass is 35.5. The minimum Gasteiger partial charge on any atom is -0.382 e. The van der Waals surface area contributed by atoms with E-state index in [9.17, 15) is 0 Å². The van der Waals surface area contributed by atoms with Crippen LogP contribution in [0.4, 0.5) is 0 Å². The first-order valence-corrected chi connectivity index (χ1v) is 7.83. The largest absolute Gasteiger partial charge is 0.382 e. The van der Waals surface area contributed by atoms with Crippen LogP contribution in [-0.4, -0.2) is 51.0 Å². The van der Waals surface area contributed by atoms with Gasteiger partial charge in [0.2, 0.25) is 0 Å². The Bertz CT molecular complexity index is 426. The summed E-state index contributed by atoms with van der Waals surface area (Å²) in [6, 6.07) is 3.69. The van der Waals surface area contributed by atoms with Crippen molar-refractivity contribution in [2.75, 3.05) is 40.0 Å². The van der Waals surface area contributed by atoms with Crippen LogP contribution in [0.5, 0.6) is 0 Å². The van der Waals surface area contributed by atoms with Gasteiger partial charge in [-0.05, 0) is 25.0 Å². The number of nitrogens with zero attached hydrogens (tertiary/aromatic N) is 2. The van der Waals surface area contributed by atoms with Crippen LogP contribution in [0.25, 0.3) is 0 Å². The summed E-state index contributed by atoms with van der Waals surface area (Å²) in [4.78, 5) is 8.55. The van der Waals surface area contributed by atoms with Crippen molar-refractivity contribution in [1.82, 2.24) is 15.6 Å².